The predicted molar refractivity (Wildman–Crippen MR) is 103 cm³/mol. The second kappa shape index (κ2) is 7.28. The molecule has 0 N–H and O–H groups in total. The Morgan fingerprint density at radius 2 is 1.80 bits per heavy atom. The van der Waals surface area contributed by atoms with Crippen molar-refractivity contribution in [2.75, 3.05) is 48.4 Å². The number of hydrogen-bond donors (Lipinski definition) is 0. The second-order valence-electron chi connectivity index (χ2n) is 6.06. The molecule has 0 bridgehead atoms. The van der Waals surface area contributed by atoms with Gasteiger partial charge in [-0.05, 0) is 42.5 Å². The highest BCUT2D eigenvalue weighted by molar-refractivity contribution is 7.99. The molecule has 0 aliphatic carbocycles. The van der Waals surface area contributed by atoms with E-state index in [4.69, 9.17) is 16.3 Å². The molecule has 4 rings (SSSR count). The third-order valence-electron chi connectivity index (χ3n) is 4.52. The number of anilines is 2. The van der Waals surface area contributed by atoms with Crippen molar-refractivity contribution in [3.05, 3.63) is 53.1 Å². The van der Waals surface area contributed by atoms with Crippen molar-refractivity contribution in [1.82, 2.24) is 0 Å². The molecule has 2 aromatic rings. The molecule has 1 amide bonds. The molecule has 2 heterocycles. The van der Waals surface area contributed by atoms with Crippen LogP contribution < -0.4 is 9.80 Å². The number of hydrogen-bond acceptors (Lipinski definition) is 4. The highest BCUT2D eigenvalue weighted by Crippen LogP contribution is 2.37. The fraction of sp³-hybridized carbons (Fsp3) is 0.316. The van der Waals surface area contributed by atoms with Gasteiger partial charge in [-0.25, -0.2) is 0 Å². The molecule has 0 atom stereocenters. The number of amides is 1. The van der Waals surface area contributed by atoms with E-state index in [0.29, 0.717) is 17.1 Å². The predicted octanol–water partition coefficient (Wildman–Crippen LogP) is 3.93. The molecule has 2 aromatic carbocycles. The first-order chi connectivity index (χ1) is 12.2. The summed E-state index contributed by atoms with van der Waals surface area (Å²) in [7, 11) is 0. The first-order valence-electron chi connectivity index (χ1n) is 8.39. The number of benzene rings is 2. The molecule has 2 aliphatic heterocycles. The first-order valence-corrected chi connectivity index (χ1v) is 9.76. The zero-order chi connectivity index (χ0) is 17.2. The van der Waals surface area contributed by atoms with Crippen molar-refractivity contribution in [2.24, 2.45) is 0 Å². The van der Waals surface area contributed by atoms with Gasteiger partial charge in [0, 0.05) is 46.6 Å². The number of rotatable bonds is 2. The van der Waals surface area contributed by atoms with Crippen LogP contribution in [-0.4, -0.2) is 44.5 Å². The van der Waals surface area contributed by atoms with Crippen molar-refractivity contribution in [3.8, 4) is 0 Å². The summed E-state index contributed by atoms with van der Waals surface area (Å²) in [6, 6.07) is 13.6. The molecule has 0 spiro atoms. The fourth-order valence-corrected chi connectivity index (χ4v) is 4.34. The average Bonchev–Trinajstić information content (AvgIpc) is 2.68. The minimum Gasteiger partial charge on any atom is -0.378 e. The van der Waals surface area contributed by atoms with Gasteiger partial charge in [-0.3, -0.25) is 4.79 Å². The molecule has 2 aliphatic rings. The summed E-state index contributed by atoms with van der Waals surface area (Å²) < 4.78 is 5.39. The Morgan fingerprint density at radius 3 is 2.56 bits per heavy atom. The lowest BCUT2D eigenvalue weighted by atomic mass is 10.1. The van der Waals surface area contributed by atoms with Crippen molar-refractivity contribution in [1.29, 1.82) is 0 Å². The van der Waals surface area contributed by atoms with Gasteiger partial charge in [0.1, 0.15) is 0 Å². The van der Waals surface area contributed by atoms with Crippen molar-refractivity contribution < 1.29 is 9.53 Å². The molecule has 1 fully saturated rings. The van der Waals surface area contributed by atoms with Gasteiger partial charge in [0.2, 0.25) is 0 Å². The van der Waals surface area contributed by atoms with E-state index in [0.717, 1.165) is 48.3 Å². The number of ether oxygens (including phenoxy) is 1. The van der Waals surface area contributed by atoms with Crippen LogP contribution in [0, 0.1) is 0 Å². The van der Waals surface area contributed by atoms with Crippen LogP contribution in [0.25, 0.3) is 0 Å². The van der Waals surface area contributed by atoms with Crippen LogP contribution in [0.2, 0.25) is 5.02 Å². The van der Waals surface area contributed by atoms with E-state index >= 15 is 0 Å². The Kier molecular flexibility index (Phi) is 4.88. The minimum atomic E-state index is 0.0253. The molecule has 4 nitrogen and oxygen atoms in total. The number of halogens is 1. The molecule has 0 saturated carbocycles. The fourth-order valence-electron chi connectivity index (χ4n) is 3.19. The molecule has 25 heavy (non-hydrogen) atoms. The van der Waals surface area contributed by atoms with Gasteiger partial charge in [-0.15, -0.1) is 11.8 Å². The largest absolute Gasteiger partial charge is 0.378 e. The van der Waals surface area contributed by atoms with E-state index in [9.17, 15) is 4.79 Å². The van der Waals surface area contributed by atoms with Gasteiger partial charge in [-0.1, -0.05) is 11.6 Å². The van der Waals surface area contributed by atoms with Crippen LogP contribution in [0.3, 0.4) is 0 Å². The van der Waals surface area contributed by atoms with Crippen LogP contribution in [0.5, 0.6) is 0 Å². The van der Waals surface area contributed by atoms with Crippen LogP contribution in [0.15, 0.2) is 47.4 Å². The first kappa shape index (κ1) is 16.8. The lowest BCUT2D eigenvalue weighted by Crippen LogP contribution is -2.36. The number of fused-ring (bicyclic) bond motifs is 1. The third kappa shape index (κ3) is 3.50. The van der Waals surface area contributed by atoms with E-state index in [-0.39, 0.29) is 5.91 Å². The monoisotopic (exact) mass is 374 g/mol. The minimum absolute atomic E-state index is 0.0253. The Bertz CT molecular complexity index is 775. The SMILES string of the molecule is O=C(c1ccc(N2CCOCC2)cc1)N1CCSc2ccc(Cl)cc21. The van der Waals surface area contributed by atoms with E-state index < -0.39 is 0 Å². The molecule has 0 unspecified atom stereocenters. The molecule has 130 valence electrons. The average molecular weight is 375 g/mol. The summed E-state index contributed by atoms with van der Waals surface area (Å²) in [5.41, 5.74) is 2.75. The zero-order valence-corrected chi connectivity index (χ0v) is 15.4. The maximum atomic E-state index is 13.0. The summed E-state index contributed by atoms with van der Waals surface area (Å²) in [5, 5.41) is 0.654. The number of carbonyl (C=O) groups excluding carboxylic acids is 1. The molecule has 0 aromatic heterocycles. The molecule has 0 radical (unpaired) electrons. The summed E-state index contributed by atoms with van der Waals surface area (Å²) in [6.07, 6.45) is 0. The second-order valence-corrected chi connectivity index (χ2v) is 7.64. The number of nitrogens with zero attached hydrogens (tertiary/aromatic N) is 2. The Labute approximate surface area is 156 Å². The number of thioether (sulfide) groups is 1. The van der Waals surface area contributed by atoms with Crippen LogP contribution in [0.4, 0.5) is 11.4 Å². The summed E-state index contributed by atoms with van der Waals surface area (Å²) in [5.74, 6) is 0.920. The van der Waals surface area contributed by atoms with E-state index in [1.165, 1.54) is 0 Å². The van der Waals surface area contributed by atoms with Gasteiger partial charge in [-0.2, -0.15) is 0 Å². The van der Waals surface area contributed by atoms with E-state index in [2.05, 4.69) is 4.90 Å². The van der Waals surface area contributed by atoms with Crippen molar-refractivity contribution in [2.45, 2.75) is 4.90 Å². The maximum absolute atomic E-state index is 13.0. The van der Waals surface area contributed by atoms with Gasteiger partial charge in [0.15, 0.2) is 0 Å². The Balaban J connectivity index is 1.56. The van der Waals surface area contributed by atoms with Gasteiger partial charge in [0.25, 0.3) is 5.91 Å². The number of morpholine rings is 1. The van der Waals surface area contributed by atoms with Crippen molar-refractivity contribution in [3.63, 3.8) is 0 Å². The third-order valence-corrected chi connectivity index (χ3v) is 5.80. The van der Waals surface area contributed by atoms with Crippen LogP contribution in [0.1, 0.15) is 10.4 Å². The summed E-state index contributed by atoms with van der Waals surface area (Å²) in [6.45, 7) is 3.99. The quantitative estimate of drug-likeness (QED) is 0.797. The van der Waals surface area contributed by atoms with E-state index in [1.807, 2.05) is 47.4 Å². The van der Waals surface area contributed by atoms with Crippen molar-refractivity contribution >= 4 is 40.6 Å². The summed E-state index contributed by atoms with van der Waals surface area (Å²) in [4.78, 5) is 18.2. The van der Waals surface area contributed by atoms with Gasteiger partial charge >= 0.3 is 0 Å². The van der Waals surface area contributed by atoms with Crippen LogP contribution >= 0.6 is 23.4 Å². The maximum Gasteiger partial charge on any atom is 0.258 e. The van der Waals surface area contributed by atoms with E-state index in [1.54, 1.807) is 11.8 Å². The Hall–Kier alpha value is -1.69. The summed E-state index contributed by atoms with van der Waals surface area (Å²) >= 11 is 7.90. The normalized spacial score (nSPS) is 17.3. The van der Waals surface area contributed by atoms with Gasteiger partial charge < -0.3 is 14.5 Å². The highest BCUT2D eigenvalue weighted by Gasteiger charge is 2.24. The topological polar surface area (TPSA) is 32.8 Å². The Morgan fingerprint density at radius 1 is 1.04 bits per heavy atom. The smallest absolute Gasteiger partial charge is 0.258 e. The molecule has 1 saturated heterocycles. The lowest BCUT2D eigenvalue weighted by molar-refractivity contribution is 0.0987. The lowest BCUT2D eigenvalue weighted by Gasteiger charge is -2.30. The zero-order valence-electron chi connectivity index (χ0n) is 13.8. The highest BCUT2D eigenvalue weighted by atomic mass is 35.5. The number of carbonyl (C=O) groups is 1. The standard InChI is InChI=1S/C19H19ClN2O2S/c20-15-3-6-18-17(13-15)22(9-12-25-18)19(23)14-1-4-16(5-2-14)21-7-10-24-11-8-21/h1-6,13H,7-12H2. The van der Waals surface area contributed by atoms with Crippen LogP contribution in [-0.2, 0) is 4.74 Å². The molecular formula is C19H19ClN2O2S. The molecular weight excluding hydrogens is 356 g/mol. The molecule has 6 heteroatoms. The van der Waals surface area contributed by atoms with Gasteiger partial charge in [0.05, 0.1) is 18.9 Å².